The van der Waals surface area contributed by atoms with E-state index >= 15 is 0 Å². The molecule has 3 heteroatoms. The topological polar surface area (TPSA) is 25.8 Å². The summed E-state index contributed by atoms with van der Waals surface area (Å²) in [5.41, 5.74) is 3.62. The molecule has 0 amide bonds. The molecule has 0 N–H and O–H groups in total. The van der Waals surface area contributed by atoms with Crippen LogP contribution in [0, 0.1) is 12.8 Å². The Labute approximate surface area is 111 Å². The number of benzene rings is 1. The van der Waals surface area contributed by atoms with Crippen LogP contribution in [0.25, 0.3) is 20.3 Å². The zero-order valence-corrected chi connectivity index (χ0v) is 11.7. The van der Waals surface area contributed by atoms with E-state index in [9.17, 15) is 0 Å². The lowest BCUT2D eigenvalue weighted by Crippen LogP contribution is -1.93. The third-order valence-corrected chi connectivity index (χ3v) is 4.54. The molecule has 0 saturated carbocycles. The number of nitrogens with zero attached hydrogens (tertiary/aromatic N) is 2. The molecule has 2 aromatic heterocycles. The van der Waals surface area contributed by atoms with Crippen molar-refractivity contribution in [2.24, 2.45) is 5.92 Å². The summed E-state index contributed by atoms with van der Waals surface area (Å²) >= 11 is 1.83. The lowest BCUT2D eigenvalue weighted by atomic mass is 10.0. The molecule has 0 aliphatic heterocycles. The van der Waals surface area contributed by atoms with Gasteiger partial charge in [-0.2, -0.15) is 0 Å². The fraction of sp³-hybridized carbons (Fsp3) is 0.333. The lowest BCUT2D eigenvalue weighted by molar-refractivity contribution is 0.650. The molecule has 0 radical (unpaired) electrons. The second kappa shape index (κ2) is 4.32. The third kappa shape index (κ3) is 1.79. The first-order chi connectivity index (χ1) is 8.66. The highest BCUT2D eigenvalue weighted by molar-refractivity contribution is 7.26. The fourth-order valence-electron chi connectivity index (χ4n) is 2.37. The van der Waals surface area contributed by atoms with Gasteiger partial charge < -0.3 is 0 Å². The largest absolute Gasteiger partial charge is 0.240 e. The molecule has 0 fully saturated rings. The summed E-state index contributed by atoms with van der Waals surface area (Å²) in [7, 11) is 0. The van der Waals surface area contributed by atoms with Crippen LogP contribution in [-0.2, 0) is 6.42 Å². The number of thiophene rings is 1. The number of aryl methyl sites for hydroxylation is 1. The molecule has 92 valence electrons. The molecule has 3 aromatic rings. The van der Waals surface area contributed by atoms with E-state index in [0.717, 1.165) is 17.6 Å². The molecule has 0 aliphatic rings. The van der Waals surface area contributed by atoms with Gasteiger partial charge in [0.05, 0.1) is 15.9 Å². The third-order valence-electron chi connectivity index (χ3n) is 3.17. The van der Waals surface area contributed by atoms with E-state index in [1.165, 1.54) is 20.3 Å². The summed E-state index contributed by atoms with van der Waals surface area (Å²) in [5.74, 6) is 0.674. The Kier molecular flexibility index (Phi) is 2.78. The molecule has 2 nitrogen and oxygen atoms in total. The van der Waals surface area contributed by atoms with Gasteiger partial charge in [-0.25, -0.2) is 9.97 Å². The molecule has 2 heterocycles. The molecule has 0 saturated heterocycles. The van der Waals surface area contributed by atoms with Crippen molar-refractivity contribution < 1.29 is 0 Å². The minimum absolute atomic E-state index is 0.674. The predicted octanol–water partition coefficient (Wildman–Crippen LogP) is 4.35. The average Bonchev–Trinajstić information content (AvgIpc) is 2.70. The summed E-state index contributed by atoms with van der Waals surface area (Å²) in [6.45, 7) is 6.58. The first kappa shape index (κ1) is 11.6. The van der Waals surface area contributed by atoms with Gasteiger partial charge in [0.1, 0.15) is 6.33 Å². The summed E-state index contributed by atoms with van der Waals surface area (Å²) < 4.78 is 2.61. The van der Waals surface area contributed by atoms with Crippen LogP contribution in [0.3, 0.4) is 0 Å². The van der Waals surface area contributed by atoms with E-state index in [1.54, 1.807) is 6.33 Å². The van der Waals surface area contributed by atoms with E-state index in [2.05, 4.69) is 48.9 Å². The van der Waals surface area contributed by atoms with Gasteiger partial charge in [-0.1, -0.05) is 32.0 Å². The Morgan fingerprint density at radius 1 is 1.17 bits per heavy atom. The SMILES string of the molecule is Cc1ncnc2c1sc1c(CC(C)C)cccc12. The van der Waals surface area contributed by atoms with Gasteiger partial charge in [-0.05, 0) is 24.8 Å². The second-order valence-corrected chi connectivity index (χ2v) is 6.15. The highest BCUT2D eigenvalue weighted by Crippen LogP contribution is 2.36. The fourth-order valence-corrected chi connectivity index (χ4v) is 3.59. The first-order valence-electron chi connectivity index (χ1n) is 6.28. The van der Waals surface area contributed by atoms with Crippen LogP contribution in [0.4, 0.5) is 0 Å². The molecule has 0 atom stereocenters. The summed E-state index contributed by atoms with van der Waals surface area (Å²) in [5, 5.41) is 1.28. The van der Waals surface area contributed by atoms with Crippen LogP contribution in [0.1, 0.15) is 25.1 Å². The van der Waals surface area contributed by atoms with Gasteiger partial charge in [-0.3, -0.25) is 0 Å². The van der Waals surface area contributed by atoms with Gasteiger partial charge in [0.15, 0.2) is 0 Å². The van der Waals surface area contributed by atoms with Crippen molar-refractivity contribution in [2.45, 2.75) is 27.2 Å². The average molecular weight is 256 g/mol. The Hall–Kier alpha value is -1.48. The maximum Gasteiger partial charge on any atom is 0.116 e. The summed E-state index contributed by atoms with van der Waals surface area (Å²) in [6, 6.07) is 6.55. The number of rotatable bonds is 2. The van der Waals surface area contributed by atoms with E-state index in [0.29, 0.717) is 5.92 Å². The molecule has 3 rings (SSSR count). The van der Waals surface area contributed by atoms with Crippen molar-refractivity contribution >= 4 is 31.6 Å². The Morgan fingerprint density at radius 2 is 2.00 bits per heavy atom. The number of hydrogen-bond acceptors (Lipinski definition) is 3. The zero-order valence-electron chi connectivity index (χ0n) is 10.9. The van der Waals surface area contributed by atoms with Gasteiger partial charge in [-0.15, -0.1) is 11.3 Å². The van der Waals surface area contributed by atoms with E-state index in [-0.39, 0.29) is 0 Å². The lowest BCUT2D eigenvalue weighted by Gasteiger charge is -2.05. The highest BCUT2D eigenvalue weighted by atomic mass is 32.1. The number of fused-ring (bicyclic) bond motifs is 3. The molecule has 0 spiro atoms. The molecule has 1 aromatic carbocycles. The molecular formula is C15H16N2S. The normalized spacial score (nSPS) is 11.8. The molecule has 0 unspecified atom stereocenters. The minimum atomic E-state index is 0.674. The van der Waals surface area contributed by atoms with Crippen LogP contribution < -0.4 is 0 Å². The smallest absolute Gasteiger partial charge is 0.116 e. The van der Waals surface area contributed by atoms with Crippen molar-refractivity contribution in [3.05, 3.63) is 35.8 Å². The predicted molar refractivity (Wildman–Crippen MR) is 78.2 cm³/mol. The van der Waals surface area contributed by atoms with Crippen molar-refractivity contribution in [1.82, 2.24) is 9.97 Å². The van der Waals surface area contributed by atoms with Gasteiger partial charge in [0, 0.05) is 10.1 Å². The number of aromatic nitrogens is 2. The van der Waals surface area contributed by atoms with Crippen LogP contribution in [0.5, 0.6) is 0 Å². The quantitative estimate of drug-likeness (QED) is 0.681. The summed E-state index contributed by atoms with van der Waals surface area (Å²) in [6.07, 6.45) is 2.79. The van der Waals surface area contributed by atoms with Crippen LogP contribution in [0.15, 0.2) is 24.5 Å². The highest BCUT2D eigenvalue weighted by Gasteiger charge is 2.12. The van der Waals surface area contributed by atoms with Crippen molar-refractivity contribution in [1.29, 1.82) is 0 Å². The van der Waals surface area contributed by atoms with E-state index in [1.807, 2.05) is 11.3 Å². The molecule has 18 heavy (non-hydrogen) atoms. The van der Waals surface area contributed by atoms with Gasteiger partial charge in [0.25, 0.3) is 0 Å². The van der Waals surface area contributed by atoms with Gasteiger partial charge in [0.2, 0.25) is 0 Å². The summed E-state index contributed by atoms with van der Waals surface area (Å²) in [4.78, 5) is 8.74. The molecule has 0 bridgehead atoms. The number of hydrogen-bond donors (Lipinski definition) is 0. The first-order valence-corrected chi connectivity index (χ1v) is 7.10. The van der Waals surface area contributed by atoms with Crippen LogP contribution >= 0.6 is 11.3 Å². The Bertz CT molecular complexity index is 713. The molecular weight excluding hydrogens is 240 g/mol. The maximum absolute atomic E-state index is 4.45. The Morgan fingerprint density at radius 3 is 2.78 bits per heavy atom. The standard InChI is InChI=1S/C15H16N2S/c1-9(2)7-11-5-4-6-12-13-14(18-15(11)12)10(3)16-8-17-13/h4-6,8-9H,7H2,1-3H3. The molecule has 0 aliphatic carbocycles. The minimum Gasteiger partial charge on any atom is -0.240 e. The van der Waals surface area contributed by atoms with Crippen molar-refractivity contribution in [3.8, 4) is 0 Å². The Balaban J connectivity index is 2.35. The van der Waals surface area contributed by atoms with E-state index < -0.39 is 0 Å². The van der Waals surface area contributed by atoms with Crippen molar-refractivity contribution in [2.75, 3.05) is 0 Å². The van der Waals surface area contributed by atoms with Gasteiger partial charge >= 0.3 is 0 Å². The van der Waals surface area contributed by atoms with Crippen molar-refractivity contribution in [3.63, 3.8) is 0 Å². The van der Waals surface area contributed by atoms with Crippen LogP contribution in [0.2, 0.25) is 0 Å². The van der Waals surface area contributed by atoms with Crippen LogP contribution in [-0.4, -0.2) is 9.97 Å². The zero-order chi connectivity index (χ0) is 12.7. The van der Waals surface area contributed by atoms with E-state index in [4.69, 9.17) is 0 Å². The maximum atomic E-state index is 4.45. The monoisotopic (exact) mass is 256 g/mol. The second-order valence-electron chi connectivity index (χ2n) is 5.13.